The Kier molecular flexibility index (Phi) is 4.59. The summed E-state index contributed by atoms with van der Waals surface area (Å²) in [5.41, 5.74) is 1.60. The van der Waals surface area contributed by atoms with Crippen molar-refractivity contribution in [2.75, 3.05) is 0 Å². The Balaban J connectivity index is 1.67. The number of carbonyl (C=O) groups excluding carboxylic acids is 1. The molecule has 6 nitrogen and oxygen atoms in total. The monoisotopic (exact) mass is 331 g/mol. The molecule has 1 aromatic heterocycles. The van der Waals surface area contributed by atoms with E-state index >= 15 is 0 Å². The molecule has 0 bridgehead atoms. The minimum Gasteiger partial charge on any atom is -0.481 e. The lowest BCUT2D eigenvalue weighted by atomic mass is 9.86. The summed E-state index contributed by atoms with van der Waals surface area (Å²) in [6, 6.07) is 5.77. The molecule has 1 heterocycles. The second kappa shape index (κ2) is 6.82. The number of amides is 1. The largest absolute Gasteiger partial charge is 0.481 e. The van der Waals surface area contributed by atoms with Crippen molar-refractivity contribution in [3.8, 4) is 11.3 Å². The number of aliphatic carboxylic acids is 1. The number of hydrogen-bond acceptors (Lipinski definition) is 3. The van der Waals surface area contributed by atoms with Gasteiger partial charge in [-0.1, -0.05) is 0 Å². The molecule has 0 radical (unpaired) electrons. The number of hydrogen-bond donors (Lipinski definition) is 3. The van der Waals surface area contributed by atoms with E-state index in [1.807, 2.05) is 0 Å². The van der Waals surface area contributed by atoms with Crippen molar-refractivity contribution in [1.29, 1.82) is 0 Å². The van der Waals surface area contributed by atoms with Crippen LogP contribution in [0.2, 0.25) is 0 Å². The zero-order chi connectivity index (χ0) is 17.1. The van der Waals surface area contributed by atoms with Gasteiger partial charge in [0.25, 0.3) is 5.91 Å². The van der Waals surface area contributed by atoms with E-state index in [1.165, 1.54) is 18.3 Å². The van der Waals surface area contributed by atoms with Crippen molar-refractivity contribution < 1.29 is 19.1 Å². The van der Waals surface area contributed by atoms with Gasteiger partial charge in [-0.15, -0.1) is 0 Å². The summed E-state index contributed by atoms with van der Waals surface area (Å²) in [7, 11) is 0. The standard InChI is InChI=1S/C17H18FN3O3/c18-12-5-1-10(2-6-12)15-14(9-19-21-15)16(22)20-13-7-3-11(4-8-13)17(23)24/h1-2,5-6,9,11,13H,3-4,7-8H2,(H,19,21)(H,20,22)(H,23,24). The first kappa shape index (κ1) is 16.2. The molecule has 1 aromatic carbocycles. The summed E-state index contributed by atoms with van der Waals surface area (Å²) < 4.78 is 13.0. The minimum atomic E-state index is -0.770. The number of aromatic nitrogens is 2. The van der Waals surface area contributed by atoms with E-state index in [2.05, 4.69) is 15.5 Å². The second-order valence-corrected chi connectivity index (χ2v) is 6.03. The van der Waals surface area contributed by atoms with Crippen LogP contribution in [0.3, 0.4) is 0 Å². The average Bonchev–Trinajstić information content (AvgIpc) is 3.06. The third-order valence-electron chi connectivity index (χ3n) is 4.43. The molecule has 0 atom stereocenters. The van der Waals surface area contributed by atoms with Crippen LogP contribution in [-0.2, 0) is 4.79 Å². The molecule has 3 N–H and O–H groups in total. The minimum absolute atomic E-state index is 0.0379. The van der Waals surface area contributed by atoms with E-state index in [0.29, 0.717) is 42.5 Å². The number of rotatable bonds is 4. The lowest BCUT2D eigenvalue weighted by Gasteiger charge is -2.26. The summed E-state index contributed by atoms with van der Waals surface area (Å²) in [6.07, 6.45) is 3.86. The molecule has 7 heteroatoms. The van der Waals surface area contributed by atoms with Crippen LogP contribution in [-0.4, -0.2) is 33.2 Å². The van der Waals surface area contributed by atoms with Crippen LogP contribution >= 0.6 is 0 Å². The van der Waals surface area contributed by atoms with Gasteiger partial charge < -0.3 is 10.4 Å². The lowest BCUT2D eigenvalue weighted by molar-refractivity contribution is -0.142. The fourth-order valence-corrected chi connectivity index (χ4v) is 3.04. The Morgan fingerprint density at radius 1 is 1.17 bits per heavy atom. The van der Waals surface area contributed by atoms with Crippen LogP contribution < -0.4 is 5.32 Å². The maximum Gasteiger partial charge on any atom is 0.306 e. The van der Waals surface area contributed by atoms with Crippen molar-refractivity contribution in [1.82, 2.24) is 15.5 Å². The Bertz CT molecular complexity index is 734. The molecule has 3 rings (SSSR count). The molecular formula is C17H18FN3O3. The molecule has 24 heavy (non-hydrogen) atoms. The van der Waals surface area contributed by atoms with Gasteiger partial charge in [0.1, 0.15) is 5.82 Å². The lowest BCUT2D eigenvalue weighted by Crippen LogP contribution is -2.38. The highest BCUT2D eigenvalue weighted by Crippen LogP contribution is 2.26. The molecule has 0 aliphatic heterocycles. The quantitative estimate of drug-likeness (QED) is 0.802. The van der Waals surface area contributed by atoms with Crippen molar-refractivity contribution in [3.05, 3.63) is 41.8 Å². The SMILES string of the molecule is O=C(NC1CCC(C(=O)O)CC1)c1cn[nH]c1-c1ccc(F)cc1. The molecule has 0 saturated heterocycles. The van der Waals surface area contributed by atoms with E-state index in [0.717, 1.165) is 0 Å². The topological polar surface area (TPSA) is 95.1 Å². The van der Waals surface area contributed by atoms with Crippen LogP contribution in [0, 0.1) is 11.7 Å². The van der Waals surface area contributed by atoms with Gasteiger partial charge >= 0.3 is 5.97 Å². The van der Waals surface area contributed by atoms with Crippen LogP contribution in [0.5, 0.6) is 0 Å². The molecule has 0 unspecified atom stereocenters. The van der Waals surface area contributed by atoms with Crippen molar-refractivity contribution in [2.24, 2.45) is 5.92 Å². The maximum atomic E-state index is 13.0. The van der Waals surface area contributed by atoms with E-state index in [1.54, 1.807) is 12.1 Å². The predicted molar refractivity (Wildman–Crippen MR) is 84.8 cm³/mol. The first-order valence-electron chi connectivity index (χ1n) is 7.87. The number of aromatic amines is 1. The molecule has 1 amide bonds. The Morgan fingerprint density at radius 3 is 2.46 bits per heavy atom. The van der Waals surface area contributed by atoms with Gasteiger partial charge in [0.05, 0.1) is 23.4 Å². The molecular weight excluding hydrogens is 313 g/mol. The first-order valence-corrected chi connectivity index (χ1v) is 7.87. The highest BCUT2D eigenvalue weighted by atomic mass is 19.1. The van der Waals surface area contributed by atoms with Crippen LogP contribution in [0.25, 0.3) is 11.3 Å². The average molecular weight is 331 g/mol. The number of H-pyrrole nitrogens is 1. The van der Waals surface area contributed by atoms with Gasteiger partial charge in [-0.25, -0.2) is 4.39 Å². The highest BCUT2D eigenvalue weighted by molar-refractivity contribution is 5.99. The number of carboxylic acids is 1. The molecule has 2 aromatic rings. The smallest absolute Gasteiger partial charge is 0.306 e. The van der Waals surface area contributed by atoms with E-state index in [9.17, 15) is 14.0 Å². The van der Waals surface area contributed by atoms with Gasteiger partial charge in [0.15, 0.2) is 0 Å². The highest BCUT2D eigenvalue weighted by Gasteiger charge is 2.27. The summed E-state index contributed by atoms with van der Waals surface area (Å²) in [4.78, 5) is 23.5. The number of benzene rings is 1. The Morgan fingerprint density at radius 2 is 1.83 bits per heavy atom. The van der Waals surface area contributed by atoms with Crippen molar-refractivity contribution in [2.45, 2.75) is 31.7 Å². The van der Waals surface area contributed by atoms with Gasteiger partial charge in [-0.05, 0) is 49.9 Å². The molecule has 1 aliphatic rings. The number of nitrogens with zero attached hydrogens (tertiary/aromatic N) is 1. The molecule has 1 fully saturated rings. The Labute approximate surface area is 138 Å². The molecule has 0 spiro atoms. The van der Waals surface area contributed by atoms with E-state index < -0.39 is 5.97 Å². The fraction of sp³-hybridized carbons (Fsp3) is 0.353. The summed E-state index contributed by atoms with van der Waals surface area (Å²) >= 11 is 0. The number of carbonyl (C=O) groups is 2. The Hall–Kier alpha value is -2.70. The third-order valence-corrected chi connectivity index (χ3v) is 4.43. The van der Waals surface area contributed by atoms with Crippen molar-refractivity contribution >= 4 is 11.9 Å². The summed E-state index contributed by atoms with van der Waals surface area (Å²) in [5, 5.41) is 18.6. The van der Waals surface area contributed by atoms with Gasteiger partial charge in [-0.2, -0.15) is 5.10 Å². The number of nitrogens with one attached hydrogen (secondary N) is 2. The first-order chi connectivity index (χ1) is 11.5. The van der Waals surface area contributed by atoms with Crippen LogP contribution in [0.15, 0.2) is 30.5 Å². The molecule has 126 valence electrons. The number of carboxylic acid groups (broad SMARTS) is 1. The zero-order valence-corrected chi connectivity index (χ0v) is 13.0. The molecule has 1 aliphatic carbocycles. The second-order valence-electron chi connectivity index (χ2n) is 6.03. The van der Waals surface area contributed by atoms with Gasteiger partial charge in [-0.3, -0.25) is 14.7 Å². The predicted octanol–water partition coefficient (Wildman–Crippen LogP) is 2.59. The number of halogens is 1. The maximum absolute atomic E-state index is 13.0. The summed E-state index contributed by atoms with van der Waals surface area (Å²) in [5.74, 6) is -1.70. The third kappa shape index (κ3) is 3.45. The van der Waals surface area contributed by atoms with Crippen LogP contribution in [0.4, 0.5) is 4.39 Å². The molecule has 1 saturated carbocycles. The zero-order valence-electron chi connectivity index (χ0n) is 13.0. The van der Waals surface area contributed by atoms with Crippen molar-refractivity contribution in [3.63, 3.8) is 0 Å². The van der Waals surface area contributed by atoms with E-state index in [4.69, 9.17) is 5.11 Å². The summed E-state index contributed by atoms with van der Waals surface area (Å²) in [6.45, 7) is 0. The van der Waals surface area contributed by atoms with E-state index in [-0.39, 0.29) is 23.7 Å². The van der Waals surface area contributed by atoms with Gasteiger partial charge in [0, 0.05) is 11.6 Å². The normalized spacial score (nSPS) is 20.5. The fourth-order valence-electron chi connectivity index (χ4n) is 3.04. The van der Waals surface area contributed by atoms with Crippen LogP contribution in [0.1, 0.15) is 36.0 Å². The van der Waals surface area contributed by atoms with Gasteiger partial charge in [0.2, 0.25) is 0 Å².